The summed E-state index contributed by atoms with van der Waals surface area (Å²) in [4.78, 5) is 24.4. The first-order chi connectivity index (χ1) is 20.0. The van der Waals surface area contributed by atoms with Gasteiger partial charge in [-0.15, -0.1) is 0 Å². The molecule has 0 atom stereocenters. The standard InChI is InChI=1S/C31H32FN5O3Se/c1-39-15-14-37-28-17-23(31(38)40-2)8-9-27(28)34-29(37)19-36-12-10-22(11-13-36)26-4-3-5-30(35-26)41-20-24-7-6-21(18-33)16-25(24)32/h3-9,16-17,22H,10-15,19-20H2,1-2H3. The number of methoxy groups -OCH3 is 2. The third kappa shape index (κ3) is 6.83. The number of hydrogen-bond acceptors (Lipinski definition) is 7. The first kappa shape index (κ1) is 28.9. The molecule has 1 aliphatic rings. The number of carbonyl (C=O) groups excluding carboxylic acids is 1. The van der Waals surface area contributed by atoms with Gasteiger partial charge in [-0.3, -0.25) is 0 Å². The van der Waals surface area contributed by atoms with Crippen LogP contribution in [0.3, 0.4) is 0 Å². The second kappa shape index (κ2) is 13.4. The van der Waals surface area contributed by atoms with E-state index in [2.05, 4.69) is 21.6 Å². The van der Waals surface area contributed by atoms with Gasteiger partial charge < -0.3 is 9.47 Å². The molecule has 0 aliphatic carbocycles. The van der Waals surface area contributed by atoms with Gasteiger partial charge in [0.2, 0.25) is 0 Å². The van der Waals surface area contributed by atoms with E-state index in [-0.39, 0.29) is 26.7 Å². The fourth-order valence-corrected chi connectivity index (χ4v) is 7.03. The molecule has 0 amide bonds. The van der Waals surface area contributed by atoms with E-state index in [9.17, 15) is 9.18 Å². The average Bonchev–Trinajstić information content (AvgIpc) is 3.35. The topological polar surface area (TPSA) is 93.3 Å². The van der Waals surface area contributed by atoms with Crippen LogP contribution in [0.1, 0.15) is 51.8 Å². The Balaban J connectivity index is 1.23. The molecular weight excluding hydrogens is 588 g/mol. The Bertz CT molecular complexity index is 1580. The van der Waals surface area contributed by atoms with Crippen LogP contribution >= 0.6 is 0 Å². The van der Waals surface area contributed by atoms with Gasteiger partial charge in [-0.2, -0.15) is 0 Å². The van der Waals surface area contributed by atoms with Crippen molar-refractivity contribution in [2.45, 2.75) is 37.2 Å². The van der Waals surface area contributed by atoms with Crippen LogP contribution < -0.4 is 4.59 Å². The van der Waals surface area contributed by atoms with E-state index in [0.717, 1.165) is 53.1 Å². The molecule has 41 heavy (non-hydrogen) atoms. The molecule has 8 nitrogen and oxygen atoms in total. The minimum absolute atomic E-state index is 0.000723. The van der Waals surface area contributed by atoms with Crippen LogP contribution in [0.4, 0.5) is 4.39 Å². The summed E-state index contributed by atoms with van der Waals surface area (Å²) in [5.41, 5.74) is 4.32. The zero-order valence-electron chi connectivity index (χ0n) is 23.2. The number of carbonyl (C=O) groups is 1. The van der Waals surface area contributed by atoms with Gasteiger partial charge in [0.1, 0.15) is 0 Å². The zero-order chi connectivity index (χ0) is 28.8. The van der Waals surface area contributed by atoms with Crippen LogP contribution in [0.2, 0.25) is 0 Å². The summed E-state index contributed by atoms with van der Waals surface area (Å²) in [5.74, 6) is 0.642. The average molecular weight is 621 g/mol. The van der Waals surface area contributed by atoms with Crippen molar-refractivity contribution in [3.63, 3.8) is 0 Å². The number of ether oxygens (including phenoxy) is 2. The van der Waals surface area contributed by atoms with Crippen LogP contribution in [0.15, 0.2) is 54.6 Å². The van der Waals surface area contributed by atoms with Crippen molar-refractivity contribution >= 4 is 36.6 Å². The summed E-state index contributed by atoms with van der Waals surface area (Å²) in [6.07, 6.45) is 2.00. The van der Waals surface area contributed by atoms with Crippen molar-refractivity contribution in [3.05, 3.63) is 88.6 Å². The molecule has 212 valence electrons. The number of likely N-dealkylation sites (tertiary alicyclic amines) is 1. The number of benzene rings is 2. The van der Waals surface area contributed by atoms with E-state index in [0.29, 0.717) is 47.6 Å². The number of nitriles is 1. The first-order valence-corrected chi connectivity index (χ1v) is 15.6. The number of nitrogens with zero attached hydrogens (tertiary/aromatic N) is 5. The van der Waals surface area contributed by atoms with E-state index < -0.39 is 0 Å². The molecule has 2 aromatic heterocycles. The zero-order valence-corrected chi connectivity index (χ0v) is 24.9. The molecule has 0 N–H and O–H groups in total. The Labute approximate surface area is 245 Å². The maximum atomic E-state index is 14.3. The van der Waals surface area contributed by atoms with Gasteiger partial charge >= 0.3 is 206 Å². The minimum atomic E-state index is -0.365. The predicted octanol–water partition coefficient (Wildman–Crippen LogP) is 3.78. The van der Waals surface area contributed by atoms with Crippen LogP contribution in [0.5, 0.6) is 0 Å². The molecular formula is C31H32FN5O3Se. The number of imidazole rings is 1. The van der Waals surface area contributed by atoms with Crippen molar-refractivity contribution in [2.24, 2.45) is 0 Å². The third-order valence-electron chi connectivity index (χ3n) is 7.44. The van der Waals surface area contributed by atoms with E-state index in [4.69, 9.17) is 24.7 Å². The summed E-state index contributed by atoms with van der Waals surface area (Å²) in [7, 11) is 3.06. The summed E-state index contributed by atoms with van der Waals surface area (Å²) in [5, 5.41) is 9.57. The van der Waals surface area contributed by atoms with Crippen LogP contribution in [-0.4, -0.2) is 74.3 Å². The molecule has 0 spiro atoms. The Morgan fingerprint density at radius 3 is 2.68 bits per heavy atom. The third-order valence-corrected chi connectivity index (χ3v) is 9.49. The molecule has 3 heterocycles. The molecule has 0 bridgehead atoms. The molecule has 1 fully saturated rings. The summed E-state index contributed by atoms with van der Waals surface area (Å²) < 4.78 is 27.7. The van der Waals surface area contributed by atoms with E-state index in [1.165, 1.54) is 13.2 Å². The van der Waals surface area contributed by atoms with Gasteiger partial charge in [0.25, 0.3) is 0 Å². The normalized spacial score (nSPS) is 14.3. The van der Waals surface area contributed by atoms with Crippen molar-refractivity contribution < 1.29 is 18.7 Å². The van der Waals surface area contributed by atoms with Crippen LogP contribution in [-0.2, 0) is 27.9 Å². The molecule has 10 heteroatoms. The number of hydrogen-bond donors (Lipinski definition) is 0. The molecule has 5 rings (SSSR count). The second-order valence-electron chi connectivity index (χ2n) is 10.0. The van der Waals surface area contributed by atoms with E-state index >= 15 is 0 Å². The van der Waals surface area contributed by atoms with Crippen molar-refractivity contribution in [2.75, 3.05) is 33.9 Å². The summed E-state index contributed by atoms with van der Waals surface area (Å²) in [6.45, 7) is 3.77. The van der Waals surface area contributed by atoms with Gasteiger partial charge in [0, 0.05) is 7.11 Å². The van der Waals surface area contributed by atoms with E-state index in [1.54, 1.807) is 25.3 Å². The maximum absolute atomic E-state index is 14.3. The Kier molecular flexibility index (Phi) is 9.42. The van der Waals surface area contributed by atoms with Gasteiger partial charge in [0.05, 0.1) is 12.7 Å². The number of aromatic nitrogens is 3. The van der Waals surface area contributed by atoms with Crippen molar-refractivity contribution in [1.29, 1.82) is 5.26 Å². The predicted molar refractivity (Wildman–Crippen MR) is 155 cm³/mol. The number of halogens is 1. The van der Waals surface area contributed by atoms with Gasteiger partial charge in [-0.1, -0.05) is 0 Å². The number of esters is 1. The molecule has 4 aromatic rings. The van der Waals surface area contributed by atoms with E-state index in [1.807, 2.05) is 24.3 Å². The fraction of sp³-hybridized carbons (Fsp3) is 0.355. The molecule has 1 aliphatic heterocycles. The molecule has 2 aromatic carbocycles. The van der Waals surface area contributed by atoms with Gasteiger partial charge in [-0.25, -0.2) is 4.79 Å². The summed E-state index contributed by atoms with van der Waals surface area (Å²) in [6, 6.07) is 18.3. The number of rotatable bonds is 10. The van der Waals surface area contributed by atoms with Crippen LogP contribution in [0, 0.1) is 17.1 Å². The monoisotopic (exact) mass is 621 g/mol. The number of pyridine rings is 1. The summed E-state index contributed by atoms with van der Waals surface area (Å²) >= 11 is 0.000723. The first-order valence-electron chi connectivity index (χ1n) is 13.6. The Hall–Kier alpha value is -3.61. The molecule has 0 unspecified atom stereocenters. The molecule has 0 radical (unpaired) electrons. The van der Waals surface area contributed by atoms with Gasteiger partial charge in [-0.05, 0) is 6.07 Å². The Morgan fingerprint density at radius 2 is 1.95 bits per heavy atom. The van der Waals surface area contributed by atoms with Crippen molar-refractivity contribution in [3.8, 4) is 6.07 Å². The SMILES string of the molecule is COCCn1c(CN2CCC(c3cccc([Se]Cc4ccc(C#N)cc4F)n3)CC2)nc2ccc(C(=O)OC)cc21. The second-order valence-corrected chi connectivity index (χ2v) is 12.1. The quantitative estimate of drug-likeness (QED) is 0.197. The van der Waals surface area contributed by atoms with Crippen molar-refractivity contribution in [1.82, 2.24) is 19.4 Å². The number of fused-ring (bicyclic) bond motifs is 1. The fourth-order valence-electron chi connectivity index (χ4n) is 5.18. The van der Waals surface area contributed by atoms with Crippen LogP contribution in [0.25, 0.3) is 11.0 Å². The number of piperidine rings is 1. The van der Waals surface area contributed by atoms with Gasteiger partial charge in [0.15, 0.2) is 0 Å². The Morgan fingerprint density at radius 1 is 1.12 bits per heavy atom. The molecule has 0 saturated carbocycles. The molecule has 1 saturated heterocycles.